The fraction of sp³-hybridized carbons (Fsp3) is 0.750. The van der Waals surface area contributed by atoms with E-state index in [0.29, 0.717) is 12.3 Å². The van der Waals surface area contributed by atoms with Crippen molar-refractivity contribution in [1.82, 2.24) is 4.90 Å². The molecule has 1 heterocycles. The molecular weight excluding hydrogens is 252 g/mol. The average Bonchev–Trinajstić information content (AvgIpc) is 2.53. The van der Waals surface area contributed by atoms with Crippen molar-refractivity contribution in [1.29, 1.82) is 0 Å². The first-order chi connectivity index (χ1) is 8.32. The number of hydrogen-bond donors (Lipinski definition) is 1. The van der Waals surface area contributed by atoms with Crippen molar-refractivity contribution in [2.24, 2.45) is 11.7 Å². The predicted molar refractivity (Wildman–Crippen MR) is 71.1 cm³/mol. The van der Waals surface area contributed by atoms with E-state index < -0.39 is 6.04 Å². The predicted octanol–water partition coefficient (Wildman–Crippen LogP) is 0.419. The first kappa shape index (κ1) is 15.2. The summed E-state index contributed by atoms with van der Waals surface area (Å²) < 4.78 is 0. The second kappa shape index (κ2) is 6.33. The van der Waals surface area contributed by atoms with Gasteiger partial charge in [0.05, 0.1) is 11.3 Å². The summed E-state index contributed by atoms with van der Waals surface area (Å²) in [6.45, 7) is 5.82. The number of carbonyl (C=O) groups is 3. The number of amides is 2. The number of nitrogens with zero attached hydrogens (tertiary/aromatic N) is 1. The minimum absolute atomic E-state index is 0.0988. The van der Waals surface area contributed by atoms with Gasteiger partial charge in [0.2, 0.25) is 11.8 Å². The van der Waals surface area contributed by atoms with Gasteiger partial charge in [-0.25, -0.2) is 0 Å². The lowest BCUT2D eigenvalue weighted by Crippen LogP contribution is -2.35. The Morgan fingerprint density at radius 2 is 2.11 bits per heavy atom. The van der Waals surface area contributed by atoms with E-state index in [-0.39, 0.29) is 35.2 Å². The van der Waals surface area contributed by atoms with E-state index in [1.54, 1.807) is 0 Å². The summed E-state index contributed by atoms with van der Waals surface area (Å²) in [4.78, 5) is 36.0. The maximum absolute atomic E-state index is 12.0. The minimum Gasteiger partial charge on any atom is -0.321 e. The molecule has 2 N–H and O–H groups in total. The van der Waals surface area contributed by atoms with Crippen LogP contribution in [0.2, 0.25) is 0 Å². The molecule has 0 aromatic heterocycles. The summed E-state index contributed by atoms with van der Waals surface area (Å²) >= 11 is 1.31. The maximum atomic E-state index is 12.0. The van der Waals surface area contributed by atoms with Gasteiger partial charge in [0.25, 0.3) is 0 Å². The van der Waals surface area contributed by atoms with E-state index in [2.05, 4.69) is 0 Å². The lowest BCUT2D eigenvalue weighted by Gasteiger charge is -2.17. The number of ketones is 1. The van der Waals surface area contributed by atoms with Crippen LogP contribution >= 0.6 is 11.8 Å². The summed E-state index contributed by atoms with van der Waals surface area (Å²) in [5.41, 5.74) is 5.61. The Morgan fingerprint density at radius 3 is 2.61 bits per heavy atom. The van der Waals surface area contributed by atoms with Crippen LogP contribution in [0, 0.1) is 5.92 Å². The highest BCUT2D eigenvalue weighted by Crippen LogP contribution is 2.26. The molecule has 1 unspecified atom stereocenters. The van der Waals surface area contributed by atoms with Gasteiger partial charge >= 0.3 is 0 Å². The van der Waals surface area contributed by atoms with E-state index in [1.165, 1.54) is 23.6 Å². The van der Waals surface area contributed by atoms with Gasteiger partial charge in [-0.1, -0.05) is 13.8 Å². The standard InChI is InChI=1S/C12H20N2O3S/c1-7(2)5-14-11(16)4-10(12(14)17)18-6-9(13)8(3)15/h7,9-10H,4-6,13H2,1-3H3/t9-,10?/m0/s1. The monoisotopic (exact) mass is 272 g/mol. The number of Topliss-reactive ketones (excluding diaryl/α,β-unsaturated/α-hetero) is 1. The molecule has 1 fully saturated rings. The molecule has 2 atom stereocenters. The summed E-state index contributed by atoms with van der Waals surface area (Å²) in [5.74, 6) is 0.283. The molecule has 1 aliphatic rings. The van der Waals surface area contributed by atoms with Crippen LogP contribution in [0.1, 0.15) is 27.2 Å². The van der Waals surface area contributed by atoms with Crippen LogP contribution in [0.3, 0.4) is 0 Å². The molecule has 0 spiro atoms. The minimum atomic E-state index is -0.558. The van der Waals surface area contributed by atoms with Crippen molar-refractivity contribution in [3.8, 4) is 0 Å². The van der Waals surface area contributed by atoms with Crippen LogP contribution in [0.25, 0.3) is 0 Å². The zero-order chi connectivity index (χ0) is 13.9. The Morgan fingerprint density at radius 1 is 1.50 bits per heavy atom. The van der Waals surface area contributed by atoms with E-state index in [9.17, 15) is 14.4 Å². The molecule has 1 rings (SSSR count). The SMILES string of the molecule is CC(=O)[C@@H](N)CSC1CC(=O)N(CC(C)C)C1=O. The zero-order valence-electron chi connectivity index (χ0n) is 11.0. The van der Waals surface area contributed by atoms with Gasteiger partial charge in [0.1, 0.15) is 5.78 Å². The molecule has 1 saturated heterocycles. The Labute approximate surface area is 111 Å². The molecule has 0 aromatic carbocycles. The Balaban J connectivity index is 2.52. The van der Waals surface area contributed by atoms with Crippen LogP contribution in [0.5, 0.6) is 0 Å². The fourth-order valence-corrected chi connectivity index (χ4v) is 2.88. The first-order valence-corrected chi connectivity index (χ1v) is 7.09. The quantitative estimate of drug-likeness (QED) is 0.709. The molecule has 6 heteroatoms. The number of imide groups is 1. The Hall–Kier alpha value is -0.880. The van der Waals surface area contributed by atoms with E-state index in [1.807, 2.05) is 13.8 Å². The molecular formula is C12H20N2O3S. The fourth-order valence-electron chi connectivity index (χ4n) is 1.68. The van der Waals surface area contributed by atoms with E-state index in [4.69, 9.17) is 5.73 Å². The van der Waals surface area contributed by atoms with Crippen molar-refractivity contribution in [3.05, 3.63) is 0 Å². The average molecular weight is 272 g/mol. The number of nitrogens with two attached hydrogens (primary N) is 1. The summed E-state index contributed by atoms with van der Waals surface area (Å²) in [5, 5.41) is -0.373. The maximum Gasteiger partial charge on any atom is 0.242 e. The van der Waals surface area contributed by atoms with E-state index in [0.717, 1.165) is 0 Å². The second-order valence-electron chi connectivity index (χ2n) is 4.98. The zero-order valence-corrected chi connectivity index (χ0v) is 11.8. The summed E-state index contributed by atoms with van der Waals surface area (Å²) in [6, 6.07) is -0.558. The number of thioether (sulfide) groups is 1. The molecule has 0 saturated carbocycles. The third-order valence-electron chi connectivity index (χ3n) is 2.75. The van der Waals surface area contributed by atoms with Crippen molar-refractivity contribution >= 4 is 29.4 Å². The van der Waals surface area contributed by atoms with Crippen molar-refractivity contribution in [2.75, 3.05) is 12.3 Å². The molecule has 5 nitrogen and oxygen atoms in total. The van der Waals surface area contributed by atoms with Gasteiger partial charge in [-0.3, -0.25) is 19.3 Å². The second-order valence-corrected chi connectivity index (χ2v) is 6.22. The highest BCUT2D eigenvalue weighted by molar-refractivity contribution is 8.00. The van der Waals surface area contributed by atoms with Crippen LogP contribution in [0.4, 0.5) is 0 Å². The van der Waals surface area contributed by atoms with Crippen LogP contribution in [0.15, 0.2) is 0 Å². The van der Waals surface area contributed by atoms with E-state index >= 15 is 0 Å². The van der Waals surface area contributed by atoms with Crippen molar-refractivity contribution in [3.63, 3.8) is 0 Å². The van der Waals surface area contributed by atoms with Gasteiger partial charge in [0, 0.05) is 18.7 Å². The van der Waals surface area contributed by atoms with Gasteiger partial charge < -0.3 is 5.73 Å². The highest BCUT2D eigenvalue weighted by Gasteiger charge is 2.39. The molecule has 0 aromatic rings. The lowest BCUT2D eigenvalue weighted by molar-refractivity contribution is -0.138. The van der Waals surface area contributed by atoms with Gasteiger partial charge in [-0.05, 0) is 12.8 Å². The van der Waals surface area contributed by atoms with Crippen LogP contribution < -0.4 is 5.73 Å². The third-order valence-corrected chi connectivity index (χ3v) is 4.07. The molecule has 1 aliphatic heterocycles. The van der Waals surface area contributed by atoms with Gasteiger partial charge in [-0.15, -0.1) is 11.8 Å². The third kappa shape index (κ3) is 3.81. The summed E-state index contributed by atoms with van der Waals surface area (Å²) in [7, 11) is 0. The molecule has 0 bridgehead atoms. The normalized spacial score (nSPS) is 21.8. The highest BCUT2D eigenvalue weighted by atomic mass is 32.2. The largest absolute Gasteiger partial charge is 0.321 e. The van der Waals surface area contributed by atoms with Gasteiger partial charge in [0.15, 0.2) is 0 Å². The number of hydrogen-bond acceptors (Lipinski definition) is 5. The van der Waals surface area contributed by atoms with Crippen LogP contribution in [-0.4, -0.2) is 46.1 Å². The van der Waals surface area contributed by atoms with Crippen molar-refractivity contribution < 1.29 is 14.4 Å². The molecule has 0 radical (unpaired) electrons. The number of carbonyl (C=O) groups excluding carboxylic acids is 3. The number of rotatable bonds is 6. The smallest absolute Gasteiger partial charge is 0.242 e. The molecule has 18 heavy (non-hydrogen) atoms. The molecule has 0 aliphatic carbocycles. The Kier molecular flexibility index (Phi) is 5.34. The number of likely N-dealkylation sites (tertiary alicyclic amines) is 1. The lowest BCUT2D eigenvalue weighted by atomic mass is 10.2. The van der Waals surface area contributed by atoms with Crippen molar-refractivity contribution in [2.45, 2.75) is 38.5 Å². The molecule has 2 amide bonds. The summed E-state index contributed by atoms with van der Waals surface area (Å²) in [6.07, 6.45) is 0.223. The first-order valence-electron chi connectivity index (χ1n) is 6.04. The van der Waals surface area contributed by atoms with Crippen LogP contribution in [-0.2, 0) is 14.4 Å². The molecule has 102 valence electrons. The topological polar surface area (TPSA) is 80.5 Å². The Bertz CT molecular complexity index is 357. The van der Waals surface area contributed by atoms with Gasteiger partial charge in [-0.2, -0.15) is 0 Å².